The monoisotopic (exact) mass is 301 g/mol. The van der Waals surface area contributed by atoms with E-state index >= 15 is 0 Å². The average molecular weight is 301 g/mol. The molecule has 1 aliphatic rings. The standard InChI is InChI=1S/C11H12INO/c1-8(14)13-10-6-4-3-5-9(10)11(13,2)7-12/h3-6H,7H2,1-2H3. The number of hydrogen-bond acceptors (Lipinski definition) is 1. The van der Waals surface area contributed by atoms with Crippen LogP contribution in [0.2, 0.25) is 0 Å². The lowest BCUT2D eigenvalue weighted by Crippen LogP contribution is -2.56. The Morgan fingerprint density at radius 2 is 2.14 bits per heavy atom. The van der Waals surface area contributed by atoms with Crippen molar-refractivity contribution in [3.05, 3.63) is 29.8 Å². The van der Waals surface area contributed by atoms with Gasteiger partial charge < -0.3 is 4.90 Å². The summed E-state index contributed by atoms with van der Waals surface area (Å²) in [5.74, 6) is 0.128. The summed E-state index contributed by atoms with van der Waals surface area (Å²) in [6.07, 6.45) is 0. The summed E-state index contributed by atoms with van der Waals surface area (Å²) in [6, 6.07) is 8.11. The van der Waals surface area contributed by atoms with E-state index in [-0.39, 0.29) is 11.4 Å². The summed E-state index contributed by atoms with van der Waals surface area (Å²) in [5.41, 5.74) is 2.26. The number of benzene rings is 1. The summed E-state index contributed by atoms with van der Waals surface area (Å²) >= 11 is 2.33. The lowest BCUT2D eigenvalue weighted by atomic mass is 9.81. The number of para-hydroxylation sites is 1. The second-order valence-electron chi connectivity index (χ2n) is 3.78. The van der Waals surface area contributed by atoms with Gasteiger partial charge in [0.1, 0.15) is 0 Å². The van der Waals surface area contributed by atoms with Crippen LogP contribution in [0.25, 0.3) is 0 Å². The van der Waals surface area contributed by atoms with Crippen molar-refractivity contribution >= 4 is 34.2 Å². The molecule has 0 aliphatic carbocycles. The van der Waals surface area contributed by atoms with Crippen LogP contribution in [0.4, 0.5) is 5.69 Å². The Balaban J connectivity index is 2.52. The summed E-state index contributed by atoms with van der Waals surface area (Å²) in [5, 5.41) is 0. The minimum Gasteiger partial charge on any atom is -0.301 e. The highest BCUT2D eigenvalue weighted by Crippen LogP contribution is 2.48. The van der Waals surface area contributed by atoms with E-state index in [1.807, 2.05) is 23.1 Å². The normalized spacial score (nSPS) is 24.1. The van der Waals surface area contributed by atoms with Crippen molar-refractivity contribution in [2.45, 2.75) is 19.4 Å². The van der Waals surface area contributed by atoms with Gasteiger partial charge in [-0.3, -0.25) is 4.79 Å². The van der Waals surface area contributed by atoms with Gasteiger partial charge in [-0.2, -0.15) is 0 Å². The second kappa shape index (κ2) is 3.22. The Morgan fingerprint density at radius 1 is 1.50 bits per heavy atom. The molecule has 0 saturated carbocycles. The van der Waals surface area contributed by atoms with Gasteiger partial charge in [-0.15, -0.1) is 0 Å². The highest BCUT2D eigenvalue weighted by Gasteiger charge is 2.46. The highest BCUT2D eigenvalue weighted by molar-refractivity contribution is 14.1. The second-order valence-corrected chi connectivity index (χ2v) is 4.54. The molecule has 2 rings (SSSR count). The van der Waals surface area contributed by atoms with E-state index in [0.29, 0.717) is 0 Å². The molecule has 0 saturated heterocycles. The van der Waals surface area contributed by atoms with E-state index < -0.39 is 0 Å². The first-order valence-electron chi connectivity index (χ1n) is 4.57. The van der Waals surface area contributed by atoms with Crippen molar-refractivity contribution in [1.82, 2.24) is 0 Å². The van der Waals surface area contributed by atoms with E-state index in [1.54, 1.807) is 6.92 Å². The maximum absolute atomic E-state index is 11.5. The van der Waals surface area contributed by atoms with Crippen molar-refractivity contribution in [3.8, 4) is 0 Å². The van der Waals surface area contributed by atoms with Gasteiger partial charge in [0, 0.05) is 16.9 Å². The van der Waals surface area contributed by atoms with Crippen LogP contribution in [0.5, 0.6) is 0 Å². The Morgan fingerprint density at radius 3 is 2.71 bits per heavy atom. The van der Waals surface area contributed by atoms with Gasteiger partial charge in [-0.05, 0) is 13.0 Å². The number of fused-ring (bicyclic) bond motifs is 1. The van der Waals surface area contributed by atoms with E-state index in [9.17, 15) is 4.79 Å². The van der Waals surface area contributed by atoms with Gasteiger partial charge in [-0.1, -0.05) is 40.8 Å². The van der Waals surface area contributed by atoms with Crippen LogP contribution in [-0.4, -0.2) is 10.3 Å². The number of anilines is 1. The van der Waals surface area contributed by atoms with Gasteiger partial charge in [0.15, 0.2) is 0 Å². The molecule has 0 fully saturated rings. The predicted molar refractivity (Wildman–Crippen MR) is 65.8 cm³/mol. The van der Waals surface area contributed by atoms with E-state index in [2.05, 4.69) is 35.6 Å². The number of nitrogens with zero attached hydrogens (tertiary/aromatic N) is 1. The van der Waals surface area contributed by atoms with E-state index in [4.69, 9.17) is 0 Å². The molecule has 1 amide bonds. The van der Waals surface area contributed by atoms with Crippen LogP contribution in [0, 0.1) is 0 Å². The van der Waals surface area contributed by atoms with E-state index in [1.165, 1.54) is 5.56 Å². The Bertz CT molecular complexity index is 391. The van der Waals surface area contributed by atoms with Gasteiger partial charge in [0.05, 0.1) is 11.2 Å². The first kappa shape index (κ1) is 9.96. The molecule has 1 aliphatic heterocycles. The third-order valence-electron chi connectivity index (χ3n) is 2.79. The Hall–Kier alpha value is -0.580. The fraction of sp³-hybridized carbons (Fsp3) is 0.364. The van der Waals surface area contributed by atoms with Crippen molar-refractivity contribution in [1.29, 1.82) is 0 Å². The lowest BCUT2D eigenvalue weighted by molar-refractivity contribution is -0.118. The third-order valence-corrected chi connectivity index (χ3v) is 4.28. The zero-order valence-electron chi connectivity index (χ0n) is 8.25. The van der Waals surface area contributed by atoms with Crippen LogP contribution in [-0.2, 0) is 10.3 Å². The zero-order valence-corrected chi connectivity index (χ0v) is 10.4. The number of carbonyl (C=O) groups is 1. The predicted octanol–water partition coefficient (Wildman–Crippen LogP) is 2.70. The van der Waals surface area contributed by atoms with Crippen LogP contribution in [0.3, 0.4) is 0 Å². The summed E-state index contributed by atoms with van der Waals surface area (Å²) in [6.45, 7) is 3.74. The van der Waals surface area contributed by atoms with Crippen LogP contribution < -0.4 is 4.90 Å². The SMILES string of the molecule is CC(=O)N1c2ccccc2C1(C)CI. The number of halogens is 1. The molecule has 3 heteroatoms. The molecule has 1 heterocycles. The molecule has 0 radical (unpaired) electrons. The molecule has 14 heavy (non-hydrogen) atoms. The van der Waals surface area contributed by atoms with E-state index in [0.717, 1.165) is 10.1 Å². The average Bonchev–Trinajstić information content (AvgIpc) is 2.16. The van der Waals surface area contributed by atoms with Crippen LogP contribution in [0.1, 0.15) is 19.4 Å². The zero-order chi connectivity index (χ0) is 10.3. The molecule has 0 bridgehead atoms. The first-order valence-corrected chi connectivity index (χ1v) is 6.10. The molecule has 1 aromatic carbocycles. The number of alkyl halides is 1. The Kier molecular flexibility index (Phi) is 2.29. The largest absolute Gasteiger partial charge is 0.301 e. The summed E-state index contributed by atoms with van der Waals surface area (Å²) in [4.78, 5) is 13.4. The molecule has 74 valence electrons. The van der Waals surface area contributed by atoms with Gasteiger partial charge >= 0.3 is 0 Å². The quantitative estimate of drug-likeness (QED) is 0.577. The highest BCUT2D eigenvalue weighted by atomic mass is 127. The Labute approximate surface area is 97.4 Å². The third kappa shape index (κ3) is 1.11. The lowest BCUT2D eigenvalue weighted by Gasteiger charge is -2.50. The smallest absolute Gasteiger partial charge is 0.224 e. The van der Waals surface area contributed by atoms with Crippen molar-refractivity contribution in [2.24, 2.45) is 0 Å². The topological polar surface area (TPSA) is 20.3 Å². The molecule has 1 unspecified atom stereocenters. The van der Waals surface area contributed by atoms with Crippen molar-refractivity contribution < 1.29 is 4.79 Å². The fourth-order valence-corrected chi connectivity index (χ4v) is 2.86. The molecular formula is C11H12INO. The molecule has 0 spiro atoms. The number of hydrogen-bond donors (Lipinski definition) is 0. The maximum Gasteiger partial charge on any atom is 0.224 e. The molecule has 0 N–H and O–H groups in total. The summed E-state index contributed by atoms with van der Waals surface area (Å²) < 4.78 is 0.932. The number of rotatable bonds is 1. The van der Waals surface area contributed by atoms with Gasteiger partial charge in [0.2, 0.25) is 5.91 Å². The minimum atomic E-state index is -0.0943. The van der Waals surface area contributed by atoms with Crippen molar-refractivity contribution in [3.63, 3.8) is 0 Å². The fourth-order valence-electron chi connectivity index (χ4n) is 2.11. The molecule has 1 aromatic rings. The molecular weight excluding hydrogens is 289 g/mol. The van der Waals surface area contributed by atoms with Crippen molar-refractivity contribution in [2.75, 3.05) is 9.33 Å². The summed E-state index contributed by atoms with van der Waals surface area (Å²) in [7, 11) is 0. The van der Waals surface area contributed by atoms with Gasteiger partial charge in [-0.25, -0.2) is 0 Å². The molecule has 0 aromatic heterocycles. The number of amides is 1. The minimum absolute atomic E-state index is 0.0943. The molecule has 2 nitrogen and oxygen atoms in total. The van der Waals surface area contributed by atoms with Crippen LogP contribution >= 0.6 is 22.6 Å². The maximum atomic E-state index is 11.5. The number of carbonyl (C=O) groups excluding carboxylic acids is 1. The first-order chi connectivity index (χ1) is 6.61. The molecule has 1 atom stereocenters. The van der Waals surface area contributed by atoms with Crippen LogP contribution in [0.15, 0.2) is 24.3 Å². The van der Waals surface area contributed by atoms with Gasteiger partial charge in [0.25, 0.3) is 0 Å².